The molecule has 11 heteroatoms. The highest BCUT2D eigenvalue weighted by atomic mass is 32.2. The fraction of sp³-hybridized carbons (Fsp3) is 0.182. The number of ether oxygens (including phenoxy) is 1. The molecular weight excluding hydrogens is 474 g/mol. The summed E-state index contributed by atoms with van der Waals surface area (Å²) in [5.41, 5.74) is 0.251. The maximum atomic E-state index is 13.9. The molecule has 0 heterocycles. The molecule has 0 radical (unpaired) electrons. The van der Waals surface area contributed by atoms with Crippen molar-refractivity contribution in [2.24, 2.45) is 0 Å². The zero-order valence-corrected chi connectivity index (χ0v) is 19.2. The van der Waals surface area contributed by atoms with Crippen LogP contribution in [0.4, 0.5) is 8.78 Å². The number of halogens is 2. The molecule has 176 valence electrons. The molecule has 0 saturated carbocycles. The number of hydrogen-bond acceptors (Lipinski definition) is 5. The van der Waals surface area contributed by atoms with Crippen LogP contribution in [-0.2, 0) is 33.1 Å². The van der Waals surface area contributed by atoms with Gasteiger partial charge in [0.15, 0.2) is 0 Å². The summed E-state index contributed by atoms with van der Waals surface area (Å²) in [5, 5.41) is 0. The Morgan fingerprint density at radius 2 is 1.27 bits per heavy atom. The third-order valence-corrected chi connectivity index (χ3v) is 7.46. The van der Waals surface area contributed by atoms with E-state index in [1.165, 1.54) is 48.5 Å². The van der Waals surface area contributed by atoms with Crippen molar-refractivity contribution in [3.05, 3.63) is 89.5 Å². The average molecular weight is 497 g/mol. The minimum Gasteiger partial charge on any atom is -0.492 e. The Morgan fingerprint density at radius 1 is 0.758 bits per heavy atom. The zero-order chi connectivity index (χ0) is 24.1. The molecule has 0 amide bonds. The SMILES string of the molecule is CCOc1ccc(S(=O)(=O)NCc2ccccc2F)cc1S(=O)(=O)NCc1ccccc1F. The van der Waals surface area contributed by atoms with Gasteiger partial charge in [-0.25, -0.2) is 35.1 Å². The number of rotatable bonds is 10. The van der Waals surface area contributed by atoms with Gasteiger partial charge in [0.1, 0.15) is 22.3 Å². The van der Waals surface area contributed by atoms with Gasteiger partial charge >= 0.3 is 0 Å². The van der Waals surface area contributed by atoms with E-state index in [-0.39, 0.29) is 41.5 Å². The fourth-order valence-corrected chi connectivity index (χ4v) is 5.21. The van der Waals surface area contributed by atoms with Crippen LogP contribution >= 0.6 is 0 Å². The van der Waals surface area contributed by atoms with Gasteiger partial charge in [-0.05, 0) is 37.3 Å². The van der Waals surface area contributed by atoms with Gasteiger partial charge in [0.05, 0.1) is 11.5 Å². The van der Waals surface area contributed by atoms with Crippen LogP contribution in [0.3, 0.4) is 0 Å². The van der Waals surface area contributed by atoms with Crippen molar-refractivity contribution < 1.29 is 30.4 Å². The Morgan fingerprint density at radius 3 is 1.79 bits per heavy atom. The van der Waals surface area contributed by atoms with Crippen LogP contribution in [0.1, 0.15) is 18.1 Å². The van der Waals surface area contributed by atoms with Crippen LogP contribution in [0.25, 0.3) is 0 Å². The summed E-state index contributed by atoms with van der Waals surface area (Å²) in [7, 11) is -8.47. The standard InChI is InChI=1S/C22H22F2N2O5S2/c1-2-31-21-12-11-18(32(27,28)25-14-16-7-3-5-9-19(16)23)13-22(21)33(29,30)26-15-17-8-4-6-10-20(17)24/h3-13,25-26H,2,14-15H2,1H3. The Bertz CT molecular complexity index is 1350. The topological polar surface area (TPSA) is 102 Å². The lowest BCUT2D eigenvalue weighted by Gasteiger charge is -2.14. The predicted molar refractivity (Wildman–Crippen MR) is 118 cm³/mol. The lowest BCUT2D eigenvalue weighted by atomic mass is 10.2. The third kappa shape index (κ3) is 6.14. The lowest BCUT2D eigenvalue weighted by molar-refractivity contribution is 0.330. The summed E-state index contributed by atoms with van der Waals surface area (Å²) in [4.78, 5) is -0.775. The van der Waals surface area contributed by atoms with E-state index in [0.717, 1.165) is 6.07 Å². The maximum Gasteiger partial charge on any atom is 0.244 e. The summed E-state index contributed by atoms with van der Waals surface area (Å²) in [6, 6.07) is 14.7. The van der Waals surface area contributed by atoms with E-state index >= 15 is 0 Å². The first-order valence-electron chi connectivity index (χ1n) is 9.87. The molecular formula is C22H22F2N2O5S2. The van der Waals surface area contributed by atoms with Gasteiger partial charge in [0.25, 0.3) is 0 Å². The second kappa shape index (κ2) is 10.4. The Labute approximate surface area is 191 Å². The molecule has 3 aromatic rings. The van der Waals surface area contributed by atoms with Crippen LogP contribution in [-0.4, -0.2) is 23.4 Å². The summed E-state index contributed by atoms with van der Waals surface area (Å²) >= 11 is 0. The Balaban J connectivity index is 1.89. The van der Waals surface area contributed by atoms with Gasteiger partial charge < -0.3 is 4.74 Å². The van der Waals surface area contributed by atoms with Crippen molar-refractivity contribution in [1.29, 1.82) is 0 Å². The van der Waals surface area contributed by atoms with E-state index < -0.39 is 36.6 Å². The van der Waals surface area contributed by atoms with Crippen LogP contribution in [0, 0.1) is 11.6 Å². The first-order chi connectivity index (χ1) is 15.6. The number of benzene rings is 3. The van der Waals surface area contributed by atoms with Crippen LogP contribution in [0.5, 0.6) is 5.75 Å². The molecule has 0 bridgehead atoms. The van der Waals surface area contributed by atoms with E-state index in [9.17, 15) is 25.6 Å². The van der Waals surface area contributed by atoms with Crippen molar-refractivity contribution in [2.45, 2.75) is 29.8 Å². The summed E-state index contributed by atoms with van der Waals surface area (Å²) in [6.45, 7) is 1.11. The zero-order valence-electron chi connectivity index (χ0n) is 17.6. The fourth-order valence-electron chi connectivity index (χ4n) is 2.93. The van der Waals surface area contributed by atoms with Gasteiger partial charge in [0, 0.05) is 24.2 Å². The van der Waals surface area contributed by atoms with E-state index in [4.69, 9.17) is 4.74 Å². The van der Waals surface area contributed by atoms with Crippen LogP contribution in [0.15, 0.2) is 76.5 Å². The highest BCUT2D eigenvalue weighted by Gasteiger charge is 2.24. The van der Waals surface area contributed by atoms with Crippen LogP contribution < -0.4 is 14.2 Å². The Kier molecular flexibility index (Phi) is 7.80. The quantitative estimate of drug-likeness (QED) is 0.449. The first-order valence-corrected chi connectivity index (χ1v) is 12.8. The normalized spacial score (nSPS) is 12.0. The lowest BCUT2D eigenvalue weighted by Crippen LogP contribution is -2.26. The van der Waals surface area contributed by atoms with Crippen LogP contribution in [0.2, 0.25) is 0 Å². The van der Waals surface area contributed by atoms with Crippen molar-refractivity contribution in [3.63, 3.8) is 0 Å². The van der Waals surface area contributed by atoms with E-state index in [1.54, 1.807) is 19.1 Å². The molecule has 0 aromatic heterocycles. The van der Waals surface area contributed by atoms with Gasteiger partial charge in [0.2, 0.25) is 20.0 Å². The number of hydrogen-bond donors (Lipinski definition) is 2. The first kappa shape index (κ1) is 24.8. The highest BCUT2D eigenvalue weighted by Crippen LogP contribution is 2.27. The van der Waals surface area contributed by atoms with Gasteiger partial charge in [-0.2, -0.15) is 0 Å². The second-order valence-corrected chi connectivity index (χ2v) is 10.4. The van der Waals surface area contributed by atoms with Crippen molar-refractivity contribution in [2.75, 3.05) is 6.61 Å². The molecule has 0 spiro atoms. The molecule has 0 aliphatic heterocycles. The molecule has 0 fully saturated rings. The molecule has 3 aromatic carbocycles. The van der Waals surface area contributed by atoms with E-state index in [2.05, 4.69) is 9.44 Å². The molecule has 7 nitrogen and oxygen atoms in total. The van der Waals surface area contributed by atoms with Crippen molar-refractivity contribution in [3.8, 4) is 5.75 Å². The van der Waals surface area contributed by atoms with Crippen molar-refractivity contribution in [1.82, 2.24) is 9.44 Å². The van der Waals surface area contributed by atoms with Gasteiger partial charge in [-0.1, -0.05) is 36.4 Å². The molecule has 2 N–H and O–H groups in total. The molecule has 0 aliphatic rings. The average Bonchev–Trinajstić information content (AvgIpc) is 2.78. The second-order valence-electron chi connectivity index (χ2n) is 6.87. The molecule has 0 saturated heterocycles. The van der Waals surface area contributed by atoms with E-state index in [0.29, 0.717) is 0 Å². The van der Waals surface area contributed by atoms with Crippen molar-refractivity contribution >= 4 is 20.0 Å². The number of sulfonamides is 2. The summed E-state index contributed by atoms with van der Waals surface area (Å²) in [5.74, 6) is -1.22. The summed E-state index contributed by atoms with van der Waals surface area (Å²) in [6.07, 6.45) is 0. The summed E-state index contributed by atoms with van der Waals surface area (Å²) < 4.78 is 88.9. The molecule has 3 rings (SSSR count). The highest BCUT2D eigenvalue weighted by molar-refractivity contribution is 7.90. The van der Waals surface area contributed by atoms with Gasteiger partial charge in [-0.15, -0.1) is 0 Å². The molecule has 0 atom stereocenters. The van der Waals surface area contributed by atoms with Gasteiger partial charge in [-0.3, -0.25) is 0 Å². The molecule has 0 unspecified atom stereocenters. The smallest absolute Gasteiger partial charge is 0.244 e. The minimum atomic E-state index is -4.28. The largest absolute Gasteiger partial charge is 0.492 e. The minimum absolute atomic E-state index is 0.0633. The predicted octanol–water partition coefficient (Wildman–Crippen LogP) is 3.32. The Hall–Kier alpha value is -2.86. The number of nitrogens with one attached hydrogen (secondary N) is 2. The van der Waals surface area contributed by atoms with E-state index in [1.807, 2.05) is 0 Å². The maximum absolute atomic E-state index is 13.9. The molecule has 33 heavy (non-hydrogen) atoms. The monoisotopic (exact) mass is 496 g/mol. The molecule has 0 aliphatic carbocycles. The third-order valence-electron chi connectivity index (χ3n) is 4.64.